The number of hydrogen-bond donors (Lipinski definition) is 0. The summed E-state index contributed by atoms with van der Waals surface area (Å²) in [7, 11) is 0. The van der Waals surface area contributed by atoms with Crippen LogP contribution in [0.1, 0.15) is 64.0 Å². The minimum absolute atomic E-state index is 0.115. The van der Waals surface area contributed by atoms with Crippen molar-refractivity contribution in [3.8, 4) is 5.69 Å². The fourth-order valence-corrected chi connectivity index (χ4v) is 3.13. The maximum atomic E-state index is 11.8. The van der Waals surface area contributed by atoms with Crippen molar-refractivity contribution in [2.45, 2.75) is 64.9 Å². The van der Waals surface area contributed by atoms with Crippen LogP contribution in [0, 0.1) is 0 Å². The first-order valence-corrected chi connectivity index (χ1v) is 9.87. The van der Waals surface area contributed by atoms with E-state index in [-0.39, 0.29) is 12.6 Å². The first kappa shape index (κ1) is 20.7. The molecule has 2 aromatic rings. The van der Waals surface area contributed by atoms with Gasteiger partial charge in [-0.3, -0.25) is 4.79 Å². The zero-order valence-corrected chi connectivity index (χ0v) is 16.6. The van der Waals surface area contributed by atoms with Crippen LogP contribution in [0.3, 0.4) is 0 Å². The summed E-state index contributed by atoms with van der Waals surface area (Å²) in [6, 6.07) is 5.12. The van der Waals surface area contributed by atoms with E-state index in [1.165, 1.54) is 32.1 Å². The Kier molecular flexibility index (Phi) is 8.92. The third-order valence-corrected chi connectivity index (χ3v) is 4.45. The lowest BCUT2D eigenvalue weighted by Gasteiger charge is -2.03. The van der Waals surface area contributed by atoms with Gasteiger partial charge in [0.05, 0.1) is 11.9 Å². The predicted molar refractivity (Wildman–Crippen MR) is 104 cm³/mol. The van der Waals surface area contributed by atoms with Crippen LogP contribution in [0.15, 0.2) is 24.4 Å². The maximum absolute atomic E-state index is 11.8. The fourth-order valence-electron chi connectivity index (χ4n) is 2.62. The highest BCUT2D eigenvalue weighted by atomic mass is 35.5. The number of carbonyl (C=O) groups excluding carboxylic acids is 1. The van der Waals surface area contributed by atoms with Gasteiger partial charge in [-0.2, -0.15) is 0 Å². The quantitative estimate of drug-likeness (QED) is 0.357. The molecule has 5 nitrogen and oxygen atoms in total. The van der Waals surface area contributed by atoms with Crippen molar-refractivity contribution in [3.63, 3.8) is 0 Å². The molecule has 1 heterocycles. The molecule has 1 aromatic carbocycles. The Morgan fingerprint density at radius 3 is 2.38 bits per heavy atom. The summed E-state index contributed by atoms with van der Waals surface area (Å²) in [6.07, 6.45) is 10.4. The summed E-state index contributed by atoms with van der Waals surface area (Å²) >= 11 is 12.0. The lowest BCUT2D eigenvalue weighted by Crippen LogP contribution is -2.04. The number of rotatable bonds is 11. The van der Waals surface area contributed by atoms with Crippen LogP contribution in [0.4, 0.5) is 0 Å². The highest BCUT2D eigenvalue weighted by Gasteiger charge is 2.08. The monoisotopic (exact) mass is 397 g/mol. The molecule has 0 saturated carbocycles. The van der Waals surface area contributed by atoms with Crippen molar-refractivity contribution in [1.29, 1.82) is 0 Å². The Morgan fingerprint density at radius 2 is 1.69 bits per heavy atom. The zero-order chi connectivity index (χ0) is 18.8. The van der Waals surface area contributed by atoms with E-state index in [1.54, 1.807) is 29.1 Å². The molecule has 0 fully saturated rings. The number of aromatic nitrogens is 3. The van der Waals surface area contributed by atoms with Gasteiger partial charge in [-0.25, -0.2) is 4.68 Å². The topological polar surface area (TPSA) is 57.0 Å². The molecule has 1 aromatic heterocycles. The Morgan fingerprint density at radius 1 is 1.04 bits per heavy atom. The molecule has 0 amide bonds. The standard InChI is InChI=1S/C19H25Cl2N3O2/c1-2-3-4-5-6-7-8-9-19(25)26-14-17-13-24(23-22-17)18-11-15(20)10-16(21)12-18/h10-13H,2-9,14H2,1H3. The van der Waals surface area contributed by atoms with Gasteiger partial charge in [-0.05, 0) is 24.6 Å². The van der Waals surface area contributed by atoms with Crippen LogP contribution in [-0.2, 0) is 16.1 Å². The molecule has 142 valence electrons. The van der Waals surface area contributed by atoms with Gasteiger partial charge >= 0.3 is 5.97 Å². The van der Waals surface area contributed by atoms with Crippen LogP contribution in [0.2, 0.25) is 10.0 Å². The molecule has 0 aliphatic heterocycles. The Labute approximate surface area is 164 Å². The summed E-state index contributed by atoms with van der Waals surface area (Å²) in [5, 5.41) is 9.07. The van der Waals surface area contributed by atoms with E-state index in [0.29, 0.717) is 27.8 Å². The summed E-state index contributed by atoms with van der Waals surface area (Å²) in [5.74, 6) is -0.195. The molecule has 26 heavy (non-hydrogen) atoms. The van der Waals surface area contributed by atoms with E-state index in [0.717, 1.165) is 12.8 Å². The van der Waals surface area contributed by atoms with Crippen molar-refractivity contribution in [3.05, 3.63) is 40.1 Å². The van der Waals surface area contributed by atoms with Gasteiger partial charge in [0.15, 0.2) is 0 Å². The molecule has 0 unspecified atom stereocenters. The highest BCUT2D eigenvalue weighted by molar-refractivity contribution is 6.34. The summed E-state index contributed by atoms with van der Waals surface area (Å²) < 4.78 is 6.82. The third-order valence-electron chi connectivity index (χ3n) is 4.02. The van der Waals surface area contributed by atoms with Crippen LogP contribution in [-0.4, -0.2) is 21.0 Å². The number of carbonyl (C=O) groups is 1. The van der Waals surface area contributed by atoms with Crippen molar-refractivity contribution in [2.75, 3.05) is 0 Å². The smallest absolute Gasteiger partial charge is 0.306 e. The molecule has 0 bridgehead atoms. The first-order chi connectivity index (χ1) is 12.6. The molecule has 0 saturated heterocycles. The lowest BCUT2D eigenvalue weighted by molar-refractivity contribution is -0.145. The number of ether oxygens (including phenoxy) is 1. The largest absolute Gasteiger partial charge is 0.459 e. The maximum Gasteiger partial charge on any atom is 0.306 e. The van der Waals surface area contributed by atoms with Gasteiger partial charge in [0.2, 0.25) is 0 Å². The first-order valence-electron chi connectivity index (χ1n) is 9.12. The Bertz CT molecular complexity index is 684. The van der Waals surface area contributed by atoms with Gasteiger partial charge in [-0.1, -0.05) is 73.9 Å². The van der Waals surface area contributed by atoms with E-state index in [2.05, 4.69) is 17.2 Å². The van der Waals surface area contributed by atoms with Gasteiger partial charge in [0.25, 0.3) is 0 Å². The Balaban J connectivity index is 1.70. The molecule has 0 atom stereocenters. The van der Waals surface area contributed by atoms with E-state index in [9.17, 15) is 4.79 Å². The molecule has 0 N–H and O–H groups in total. The zero-order valence-electron chi connectivity index (χ0n) is 15.1. The second kappa shape index (κ2) is 11.2. The van der Waals surface area contributed by atoms with Crippen molar-refractivity contribution in [2.24, 2.45) is 0 Å². The molecular formula is C19H25Cl2N3O2. The lowest BCUT2D eigenvalue weighted by atomic mass is 10.1. The minimum atomic E-state index is -0.195. The second-order valence-electron chi connectivity index (χ2n) is 6.31. The summed E-state index contributed by atoms with van der Waals surface area (Å²) in [4.78, 5) is 11.8. The molecule has 7 heteroatoms. The van der Waals surface area contributed by atoms with Gasteiger partial charge in [-0.15, -0.1) is 5.10 Å². The number of hydrogen-bond acceptors (Lipinski definition) is 4. The van der Waals surface area contributed by atoms with Gasteiger partial charge in [0, 0.05) is 16.5 Å². The van der Waals surface area contributed by atoms with Gasteiger partial charge in [0.1, 0.15) is 12.3 Å². The molecule has 0 radical (unpaired) electrons. The fraction of sp³-hybridized carbons (Fsp3) is 0.526. The third kappa shape index (κ3) is 7.34. The van der Waals surface area contributed by atoms with Gasteiger partial charge < -0.3 is 4.74 Å². The normalized spacial score (nSPS) is 10.9. The highest BCUT2D eigenvalue weighted by Crippen LogP contribution is 2.21. The molecule has 0 aliphatic rings. The number of halogens is 2. The number of esters is 1. The summed E-state index contributed by atoms with van der Waals surface area (Å²) in [5.41, 5.74) is 1.28. The van der Waals surface area contributed by atoms with Crippen LogP contribution < -0.4 is 0 Å². The predicted octanol–water partition coefficient (Wildman–Crippen LogP) is 5.76. The van der Waals surface area contributed by atoms with Crippen LogP contribution >= 0.6 is 23.2 Å². The van der Waals surface area contributed by atoms with Crippen molar-refractivity contribution in [1.82, 2.24) is 15.0 Å². The molecule has 0 aliphatic carbocycles. The van der Waals surface area contributed by atoms with Crippen molar-refractivity contribution >= 4 is 29.2 Å². The van der Waals surface area contributed by atoms with Crippen LogP contribution in [0.25, 0.3) is 5.69 Å². The van der Waals surface area contributed by atoms with E-state index in [4.69, 9.17) is 27.9 Å². The molecular weight excluding hydrogens is 373 g/mol. The summed E-state index contributed by atoms with van der Waals surface area (Å²) in [6.45, 7) is 2.32. The van der Waals surface area contributed by atoms with Crippen molar-refractivity contribution < 1.29 is 9.53 Å². The van der Waals surface area contributed by atoms with E-state index in [1.807, 2.05) is 0 Å². The van der Waals surface area contributed by atoms with E-state index >= 15 is 0 Å². The average Bonchev–Trinajstić information content (AvgIpc) is 3.07. The number of benzene rings is 1. The minimum Gasteiger partial charge on any atom is -0.459 e. The molecule has 2 rings (SSSR count). The molecule has 0 spiro atoms. The SMILES string of the molecule is CCCCCCCCCC(=O)OCc1cn(-c2cc(Cl)cc(Cl)c2)nn1. The van der Waals surface area contributed by atoms with Crippen LogP contribution in [0.5, 0.6) is 0 Å². The number of unbranched alkanes of at least 4 members (excludes halogenated alkanes) is 6. The number of nitrogens with zero attached hydrogens (tertiary/aromatic N) is 3. The second-order valence-corrected chi connectivity index (χ2v) is 7.19. The van der Waals surface area contributed by atoms with E-state index < -0.39 is 0 Å². The Hall–Kier alpha value is -1.59. The average molecular weight is 398 g/mol.